The molecule has 1 aromatic carbocycles. The zero-order valence-electron chi connectivity index (χ0n) is 12.0. The van der Waals surface area contributed by atoms with E-state index in [1.165, 1.54) is 12.1 Å². The van der Waals surface area contributed by atoms with Gasteiger partial charge in [0.1, 0.15) is 11.6 Å². The second-order valence-corrected chi connectivity index (χ2v) is 5.06. The van der Waals surface area contributed by atoms with Gasteiger partial charge in [0.15, 0.2) is 5.82 Å². The molecule has 0 aliphatic carbocycles. The summed E-state index contributed by atoms with van der Waals surface area (Å²) >= 11 is 0. The first-order chi connectivity index (χ1) is 10.3. The fraction of sp³-hybridized carbons (Fsp3) is 0.375. The van der Waals surface area contributed by atoms with Crippen molar-refractivity contribution in [2.45, 2.75) is 26.4 Å². The number of hydrogen-bond donors (Lipinski definition) is 1. The second-order valence-electron chi connectivity index (χ2n) is 5.06. The fourth-order valence-corrected chi connectivity index (χ4v) is 2.38. The Morgan fingerprint density at radius 1 is 1.33 bits per heavy atom. The van der Waals surface area contributed by atoms with Crippen LogP contribution in [0.15, 0.2) is 24.3 Å². The van der Waals surface area contributed by atoms with E-state index in [0.717, 1.165) is 36.5 Å². The molecule has 0 fully saturated rings. The van der Waals surface area contributed by atoms with E-state index < -0.39 is 0 Å². The van der Waals surface area contributed by atoms with Crippen molar-refractivity contribution >= 4 is 5.82 Å². The fourth-order valence-electron chi connectivity index (χ4n) is 2.38. The summed E-state index contributed by atoms with van der Waals surface area (Å²) in [5, 5.41) is 3.32. The van der Waals surface area contributed by atoms with Crippen LogP contribution in [0.5, 0.6) is 0 Å². The molecule has 0 unspecified atom stereocenters. The molecule has 2 heterocycles. The van der Waals surface area contributed by atoms with Crippen LogP contribution in [0.1, 0.15) is 24.6 Å². The Hall–Kier alpha value is -2.01. The van der Waals surface area contributed by atoms with Gasteiger partial charge in [0.05, 0.1) is 18.9 Å². The number of benzene rings is 1. The molecule has 0 amide bonds. The molecule has 2 aromatic rings. The maximum atomic E-state index is 13.4. The molecular weight excluding hydrogens is 269 g/mol. The smallest absolute Gasteiger partial charge is 0.161 e. The van der Waals surface area contributed by atoms with E-state index in [-0.39, 0.29) is 5.82 Å². The number of anilines is 1. The first-order valence-electron chi connectivity index (χ1n) is 7.25. The molecule has 4 nitrogen and oxygen atoms in total. The number of nitrogens with zero attached hydrogens (tertiary/aromatic N) is 2. The lowest BCUT2D eigenvalue weighted by molar-refractivity contribution is 0.109. The zero-order valence-corrected chi connectivity index (χ0v) is 12.0. The lowest BCUT2D eigenvalue weighted by atomic mass is 10.1. The normalized spacial score (nSPS) is 13.8. The first-order valence-corrected chi connectivity index (χ1v) is 7.25. The molecule has 0 bridgehead atoms. The van der Waals surface area contributed by atoms with Gasteiger partial charge in [0.2, 0.25) is 0 Å². The van der Waals surface area contributed by atoms with Crippen LogP contribution < -0.4 is 5.32 Å². The summed E-state index contributed by atoms with van der Waals surface area (Å²) in [6, 6.07) is 6.39. The molecule has 3 rings (SSSR count). The second kappa shape index (κ2) is 6.18. The molecule has 5 heteroatoms. The topological polar surface area (TPSA) is 47.0 Å². The third-order valence-corrected chi connectivity index (χ3v) is 3.45. The average Bonchev–Trinajstić information content (AvgIpc) is 2.52. The lowest BCUT2D eigenvalue weighted by Crippen LogP contribution is -2.17. The maximum Gasteiger partial charge on any atom is 0.161 e. The molecule has 0 saturated carbocycles. The van der Waals surface area contributed by atoms with Crippen molar-refractivity contribution < 1.29 is 9.13 Å². The third-order valence-electron chi connectivity index (χ3n) is 3.45. The SMILES string of the molecule is CCCNc1nc(-c2cccc(F)c2)nc2c1COCC2. The van der Waals surface area contributed by atoms with Gasteiger partial charge in [0.25, 0.3) is 0 Å². The molecule has 110 valence electrons. The van der Waals surface area contributed by atoms with E-state index in [4.69, 9.17) is 4.74 Å². The van der Waals surface area contributed by atoms with Crippen molar-refractivity contribution in [1.29, 1.82) is 0 Å². The summed E-state index contributed by atoms with van der Waals surface area (Å²) in [7, 11) is 0. The van der Waals surface area contributed by atoms with E-state index in [1.807, 2.05) is 6.07 Å². The molecular formula is C16H18FN3O. The van der Waals surface area contributed by atoms with Crippen LogP contribution in [0.25, 0.3) is 11.4 Å². The number of rotatable bonds is 4. The third kappa shape index (κ3) is 3.03. The van der Waals surface area contributed by atoms with Crippen LogP contribution >= 0.6 is 0 Å². The van der Waals surface area contributed by atoms with Gasteiger partial charge >= 0.3 is 0 Å². The molecule has 1 N–H and O–H groups in total. The van der Waals surface area contributed by atoms with E-state index in [9.17, 15) is 4.39 Å². The standard InChI is InChI=1S/C16H18FN3O/c1-2-7-18-16-13-10-21-8-6-14(13)19-15(20-16)11-4-3-5-12(17)9-11/h3-5,9H,2,6-8,10H2,1H3,(H,18,19,20). The Morgan fingerprint density at radius 3 is 3.05 bits per heavy atom. The van der Waals surface area contributed by atoms with Gasteiger partial charge in [-0.1, -0.05) is 19.1 Å². The first kappa shape index (κ1) is 13.9. The van der Waals surface area contributed by atoms with Crippen molar-refractivity contribution in [1.82, 2.24) is 9.97 Å². The Balaban J connectivity index is 2.05. The van der Waals surface area contributed by atoms with Crippen molar-refractivity contribution in [2.75, 3.05) is 18.5 Å². The van der Waals surface area contributed by atoms with E-state index in [1.54, 1.807) is 6.07 Å². The Kier molecular flexibility index (Phi) is 4.10. The molecule has 0 radical (unpaired) electrons. The number of nitrogens with one attached hydrogen (secondary N) is 1. The van der Waals surface area contributed by atoms with Crippen molar-refractivity contribution in [3.63, 3.8) is 0 Å². The van der Waals surface area contributed by atoms with Gasteiger partial charge in [-0.3, -0.25) is 0 Å². The summed E-state index contributed by atoms with van der Waals surface area (Å²) in [6.07, 6.45) is 1.77. The minimum absolute atomic E-state index is 0.278. The summed E-state index contributed by atoms with van der Waals surface area (Å²) in [5.41, 5.74) is 2.72. The van der Waals surface area contributed by atoms with Crippen molar-refractivity contribution in [3.8, 4) is 11.4 Å². The Morgan fingerprint density at radius 2 is 2.24 bits per heavy atom. The molecule has 1 aromatic heterocycles. The van der Waals surface area contributed by atoms with Crippen LogP contribution in [-0.2, 0) is 17.8 Å². The lowest BCUT2D eigenvalue weighted by Gasteiger charge is -2.20. The van der Waals surface area contributed by atoms with Crippen LogP contribution in [0.3, 0.4) is 0 Å². The van der Waals surface area contributed by atoms with Crippen LogP contribution in [-0.4, -0.2) is 23.1 Å². The largest absolute Gasteiger partial charge is 0.376 e. The summed E-state index contributed by atoms with van der Waals surface area (Å²) in [4.78, 5) is 9.16. The summed E-state index contributed by atoms with van der Waals surface area (Å²) in [5.74, 6) is 1.09. The van der Waals surface area contributed by atoms with Gasteiger partial charge in [-0.25, -0.2) is 14.4 Å². The van der Waals surface area contributed by atoms with Gasteiger partial charge in [0, 0.05) is 24.1 Å². The highest BCUT2D eigenvalue weighted by atomic mass is 19.1. The predicted octanol–water partition coefficient (Wildman–Crippen LogP) is 3.18. The number of hydrogen-bond acceptors (Lipinski definition) is 4. The Labute approximate surface area is 123 Å². The van der Waals surface area contributed by atoms with Gasteiger partial charge in [-0.05, 0) is 18.6 Å². The zero-order chi connectivity index (χ0) is 14.7. The number of aromatic nitrogens is 2. The van der Waals surface area contributed by atoms with E-state index in [2.05, 4.69) is 22.2 Å². The summed E-state index contributed by atoms with van der Waals surface area (Å²) in [6.45, 7) is 4.14. The van der Waals surface area contributed by atoms with E-state index in [0.29, 0.717) is 24.6 Å². The van der Waals surface area contributed by atoms with Gasteiger partial charge in [-0.2, -0.15) is 0 Å². The Bertz CT molecular complexity index is 645. The van der Waals surface area contributed by atoms with Crippen LogP contribution in [0.2, 0.25) is 0 Å². The minimum Gasteiger partial charge on any atom is -0.376 e. The molecule has 1 aliphatic heterocycles. The van der Waals surface area contributed by atoms with Crippen molar-refractivity contribution in [2.24, 2.45) is 0 Å². The monoisotopic (exact) mass is 287 g/mol. The van der Waals surface area contributed by atoms with Gasteiger partial charge in [-0.15, -0.1) is 0 Å². The minimum atomic E-state index is -0.278. The molecule has 21 heavy (non-hydrogen) atoms. The van der Waals surface area contributed by atoms with Gasteiger partial charge < -0.3 is 10.1 Å². The predicted molar refractivity (Wildman–Crippen MR) is 79.6 cm³/mol. The molecule has 0 spiro atoms. The van der Waals surface area contributed by atoms with Crippen LogP contribution in [0, 0.1) is 5.82 Å². The van der Waals surface area contributed by atoms with Crippen molar-refractivity contribution in [3.05, 3.63) is 41.3 Å². The number of halogens is 1. The molecule has 1 aliphatic rings. The molecule has 0 saturated heterocycles. The quantitative estimate of drug-likeness (QED) is 0.938. The average molecular weight is 287 g/mol. The maximum absolute atomic E-state index is 13.4. The highest BCUT2D eigenvalue weighted by Crippen LogP contribution is 2.26. The highest BCUT2D eigenvalue weighted by Gasteiger charge is 2.18. The number of fused-ring (bicyclic) bond motifs is 1. The highest BCUT2D eigenvalue weighted by molar-refractivity contribution is 5.60. The number of ether oxygens (including phenoxy) is 1. The van der Waals surface area contributed by atoms with E-state index >= 15 is 0 Å². The van der Waals surface area contributed by atoms with Crippen LogP contribution in [0.4, 0.5) is 10.2 Å². The summed E-state index contributed by atoms with van der Waals surface area (Å²) < 4.78 is 18.9. The molecule has 0 atom stereocenters.